The third kappa shape index (κ3) is 1.61. The maximum Gasteiger partial charge on any atom is 0.291 e. The monoisotopic (exact) mass is 337 g/mol. The number of rotatable bonds is 1. The molecular weight excluding hydrogens is 333 g/mol. The minimum Gasteiger partial charge on any atom is -0.258 e. The van der Waals surface area contributed by atoms with Gasteiger partial charge in [0.1, 0.15) is 0 Å². The lowest BCUT2D eigenvalue weighted by atomic mass is 10.2. The molecule has 1 aromatic carbocycles. The van der Waals surface area contributed by atoms with Crippen molar-refractivity contribution in [2.45, 2.75) is 4.21 Å². The second kappa shape index (κ2) is 3.67. The SMILES string of the molecule is O=[N+]([O-])c1c(I)ccc2sc(S)cc12. The Morgan fingerprint density at radius 2 is 2.21 bits per heavy atom. The summed E-state index contributed by atoms with van der Waals surface area (Å²) in [4.78, 5) is 10.5. The van der Waals surface area contributed by atoms with E-state index >= 15 is 0 Å². The second-order valence-corrected chi connectivity index (χ2v) is 5.68. The van der Waals surface area contributed by atoms with Gasteiger partial charge in [-0.25, -0.2) is 0 Å². The average molecular weight is 337 g/mol. The van der Waals surface area contributed by atoms with Crippen LogP contribution in [0.15, 0.2) is 22.4 Å². The molecule has 6 heteroatoms. The Labute approximate surface area is 103 Å². The molecule has 1 heterocycles. The first-order valence-corrected chi connectivity index (χ1v) is 5.99. The molecule has 3 nitrogen and oxygen atoms in total. The van der Waals surface area contributed by atoms with Crippen LogP contribution in [0.2, 0.25) is 0 Å². The van der Waals surface area contributed by atoms with Crippen LogP contribution in [-0.2, 0) is 0 Å². The number of thiophene rings is 1. The summed E-state index contributed by atoms with van der Waals surface area (Å²) < 4.78 is 2.36. The van der Waals surface area contributed by atoms with Gasteiger partial charge < -0.3 is 0 Å². The van der Waals surface area contributed by atoms with Crippen LogP contribution in [0.5, 0.6) is 0 Å². The summed E-state index contributed by atoms with van der Waals surface area (Å²) in [5.41, 5.74) is 0.180. The lowest BCUT2D eigenvalue weighted by Gasteiger charge is -1.95. The molecule has 0 fully saturated rings. The van der Waals surface area contributed by atoms with Crippen LogP contribution >= 0.6 is 46.6 Å². The lowest BCUT2D eigenvalue weighted by molar-refractivity contribution is -0.384. The normalized spacial score (nSPS) is 10.7. The molecule has 0 saturated heterocycles. The molecule has 0 amide bonds. The first-order chi connectivity index (χ1) is 6.59. The van der Waals surface area contributed by atoms with Gasteiger partial charge in [-0.1, -0.05) is 0 Å². The van der Waals surface area contributed by atoms with Crippen molar-refractivity contribution in [2.24, 2.45) is 0 Å². The van der Waals surface area contributed by atoms with E-state index in [2.05, 4.69) is 12.6 Å². The molecule has 0 aliphatic carbocycles. The van der Waals surface area contributed by atoms with Gasteiger partial charge in [0, 0.05) is 4.70 Å². The van der Waals surface area contributed by atoms with E-state index in [1.54, 1.807) is 12.1 Å². The number of fused-ring (bicyclic) bond motifs is 1. The lowest BCUT2D eigenvalue weighted by Crippen LogP contribution is -1.91. The predicted octanol–water partition coefficient (Wildman–Crippen LogP) is 3.70. The molecule has 0 aliphatic rings. The van der Waals surface area contributed by atoms with Gasteiger partial charge in [-0.3, -0.25) is 10.1 Å². The molecule has 0 unspecified atom stereocenters. The number of halogens is 1. The summed E-state index contributed by atoms with van der Waals surface area (Å²) in [5, 5.41) is 11.5. The maximum atomic E-state index is 10.8. The summed E-state index contributed by atoms with van der Waals surface area (Å²) in [5.74, 6) is 0. The molecule has 0 atom stereocenters. The third-order valence-corrected chi connectivity index (χ3v) is 3.97. The molecule has 2 rings (SSSR count). The van der Waals surface area contributed by atoms with Gasteiger partial charge in [0.2, 0.25) is 0 Å². The quantitative estimate of drug-likeness (QED) is 0.373. The van der Waals surface area contributed by atoms with E-state index in [9.17, 15) is 10.1 Å². The summed E-state index contributed by atoms with van der Waals surface area (Å²) in [6, 6.07) is 5.38. The summed E-state index contributed by atoms with van der Waals surface area (Å²) in [7, 11) is 0. The molecule has 0 N–H and O–H groups in total. The van der Waals surface area contributed by atoms with Crippen molar-refractivity contribution >= 4 is 62.3 Å². The van der Waals surface area contributed by atoms with Gasteiger partial charge in [0.25, 0.3) is 5.69 Å². The van der Waals surface area contributed by atoms with Crippen molar-refractivity contribution in [3.05, 3.63) is 31.9 Å². The average Bonchev–Trinajstić information content (AvgIpc) is 2.43. The standard InChI is InChI=1S/C8H4INO2S2/c9-5-1-2-6-4(3-7(13)14-6)8(5)10(11)12/h1-3,13H. The van der Waals surface area contributed by atoms with Crippen LogP contribution in [0.4, 0.5) is 5.69 Å². The molecule has 0 spiro atoms. The van der Waals surface area contributed by atoms with E-state index in [1.165, 1.54) is 11.3 Å². The summed E-state index contributed by atoms with van der Waals surface area (Å²) in [6.45, 7) is 0. The largest absolute Gasteiger partial charge is 0.291 e. The Kier molecular flexibility index (Phi) is 2.67. The molecular formula is C8H4INO2S2. The fourth-order valence-corrected chi connectivity index (χ4v) is 3.14. The van der Waals surface area contributed by atoms with Crippen LogP contribution in [0, 0.1) is 13.7 Å². The highest BCUT2D eigenvalue weighted by Crippen LogP contribution is 2.36. The molecule has 2 aromatic rings. The zero-order valence-corrected chi connectivity index (χ0v) is 10.6. The first-order valence-electron chi connectivity index (χ1n) is 3.65. The number of nitro groups is 1. The number of benzene rings is 1. The highest BCUT2D eigenvalue weighted by Gasteiger charge is 2.17. The third-order valence-electron chi connectivity index (χ3n) is 1.79. The van der Waals surface area contributed by atoms with E-state index in [0.717, 1.165) is 8.91 Å². The zero-order chi connectivity index (χ0) is 10.3. The van der Waals surface area contributed by atoms with Crippen LogP contribution < -0.4 is 0 Å². The smallest absolute Gasteiger partial charge is 0.258 e. The number of hydrogen-bond acceptors (Lipinski definition) is 4. The highest BCUT2D eigenvalue weighted by atomic mass is 127. The Morgan fingerprint density at radius 1 is 1.50 bits per heavy atom. The van der Waals surface area contributed by atoms with Gasteiger partial charge in [0.15, 0.2) is 0 Å². The Hall–Kier alpha value is -0.340. The van der Waals surface area contributed by atoms with Crippen molar-refractivity contribution in [2.75, 3.05) is 0 Å². The molecule has 14 heavy (non-hydrogen) atoms. The van der Waals surface area contributed by atoms with E-state index in [4.69, 9.17) is 0 Å². The predicted molar refractivity (Wildman–Crippen MR) is 68.4 cm³/mol. The van der Waals surface area contributed by atoms with E-state index < -0.39 is 0 Å². The zero-order valence-electron chi connectivity index (χ0n) is 6.73. The Bertz CT molecular complexity index is 523. The maximum absolute atomic E-state index is 10.8. The number of hydrogen-bond donors (Lipinski definition) is 1. The first kappa shape index (κ1) is 10.2. The highest BCUT2D eigenvalue weighted by molar-refractivity contribution is 14.1. The van der Waals surface area contributed by atoms with Crippen molar-refractivity contribution < 1.29 is 4.92 Å². The van der Waals surface area contributed by atoms with Gasteiger partial charge >= 0.3 is 0 Å². The van der Waals surface area contributed by atoms with Crippen LogP contribution in [0.1, 0.15) is 0 Å². The molecule has 1 aromatic heterocycles. The van der Waals surface area contributed by atoms with Crippen LogP contribution in [0.25, 0.3) is 10.1 Å². The van der Waals surface area contributed by atoms with Gasteiger partial charge in [-0.2, -0.15) is 0 Å². The Balaban J connectivity index is 2.88. The van der Waals surface area contributed by atoms with Crippen molar-refractivity contribution in [1.29, 1.82) is 0 Å². The van der Waals surface area contributed by atoms with Crippen molar-refractivity contribution in [1.82, 2.24) is 0 Å². The summed E-state index contributed by atoms with van der Waals surface area (Å²) >= 11 is 7.61. The fourth-order valence-electron chi connectivity index (χ4n) is 1.24. The number of nitro benzene ring substituents is 1. The Morgan fingerprint density at radius 3 is 2.86 bits per heavy atom. The number of nitrogens with zero attached hydrogens (tertiary/aromatic N) is 1. The van der Waals surface area contributed by atoms with E-state index in [-0.39, 0.29) is 10.6 Å². The minimum absolute atomic E-state index is 0.180. The van der Waals surface area contributed by atoms with Crippen molar-refractivity contribution in [3.8, 4) is 0 Å². The molecule has 72 valence electrons. The van der Waals surface area contributed by atoms with Crippen LogP contribution in [0.3, 0.4) is 0 Å². The molecule has 0 radical (unpaired) electrons. The van der Waals surface area contributed by atoms with E-state index in [0.29, 0.717) is 8.96 Å². The number of thiol groups is 1. The second-order valence-electron chi connectivity index (χ2n) is 2.65. The minimum atomic E-state index is -0.343. The molecule has 0 saturated carbocycles. The topological polar surface area (TPSA) is 43.1 Å². The molecule has 0 aliphatic heterocycles. The summed E-state index contributed by atoms with van der Waals surface area (Å²) in [6.07, 6.45) is 0. The van der Waals surface area contributed by atoms with Gasteiger partial charge in [-0.15, -0.1) is 24.0 Å². The molecule has 0 bridgehead atoms. The van der Waals surface area contributed by atoms with E-state index in [1.807, 2.05) is 28.7 Å². The van der Waals surface area contributed by atoms with Crippen LogP contribution in [-0.4, -0.2) is 4.92 Å². The van der Waals surface area contributed by atoms with Gasteiger partial charge in [0.05, 0.1) is 18.1 Å². The van der Waals surface area contributed by atoms with Crippen molar-refractivity contribution in [3.63, 3.8) is 0 Å². The fraction of sp³-hybridized carbons (Fsp3) is 0. The van der Waals surface area contributed by atoms with Gasteiger partial charge in [-0.05, 0) is 40.8 Å².